The van der Waals surface area contributed by atoms with Crippen LogP contribution in [0.1, 0.15) is 38.5 Å². The average molecular weight is 156 g/mol. The monoisotopic (exact) mass is 156 g/mol. The van der Waals surface area contributed by atoms with Crippen LogP contribution in [-0.4, -0.2) is 11.0 Å². The molecule has 1 aliphatic rings. The maximum atomic E-state index is 8.33. The van der Waals surface area contributed by atoms with Crippen molar-refractivity contribution >= 4 is 5.84 Å². The van der Waals surface area contributed by atoms with Crippen LogP contribution >= 0.6 is 0 Å². The summed E-state index contributed by atoms with van der Waals surface area (Å²) >= 11 is 0. The Hall–Kier alpha value is -0.730. The molecule has 0 aliphatic heterocycles. The van der Waals surface area contributed by atoms with Gasteiger partial charge < -0.3 is 10.9 Å². The normalized spacial score (nSPS) is 22.0. The molecule has 0 aromatic carbocycles. The highest BCUT2D eigenvalue weighted by Crippen LogP contribution is 2.25. The van der Waals surface area contributed by atoms with Crippen molar-refractivity contribution in [3.63, 3.8) is 0 Å². The molecule has 0 radical (unpaired) electrons. The van der Waals surface area contributed by atoms with Crippen LogP contribution in [0.2, 0.25) is 0 Å². The molecular weight excluding hydrogens is 140 g/mol. The van der Waals surface area contributed by atoms with Crippen LogP contribution in [0, 0.1) is 5.92 Å². The van der Waals surface area contributed by atoms with Crippen molar-refractivity contribution in [3.8, 4) is 0 Å². The summed E-state index contributed by atoms with van der Waals surface area (Å²) in [5, 5.41) is 11.3. The van der Waals surface area contributed by atoms with Crippen LogP contribution in [0.25, 0.3) is 0 Å². The summed E-state index contributed by atoms with van der Waals surface area (Å²) in [6.45, 7) is 0. The SMILES string of the molecule is N/C(CC1CCCCC1)=N\O. The summed E-state index contributed by atoms with van der Waals surface area (Å²) in [5.74, 6) is 1.05. The third kappa shape index (κ3) is 2.78. The molecule has 0 bridgehead atoms. The molecule has 1 aliphatic carbocycles. The van der Waals surface area contributed by atoms with E-state index in [0.717, 1.165) is 6.42 Å². The van der Waals surface area contributed by atoms with Gasteiger partial charge in [-0.25, -0.2) is 0 Å². The summed E-state index contributed by atoms with van der Waals surface area (Å²) in [5.41, 5.74) is 5.40. The molecule has 0 aromatic rings. The summed E-state index contributed by atoms with van der Waals surface area (Å²) in [4.78, 5) is 0. The molecule has 1 rings (SSSR count). The molecule has 3 heteroatoms. The Bertz CT molecular complexity index is 139. The standard InChI is InChI=1S/C8H16N2O/c9-8(10-11)6-7-4-2-1-3-5-7/h7,11H,1-6H2,(H2,9,10). The molecule has 3 N–H and O–H groups in total. The van der Waals surface area contributed by atoms with E-state index in [2.05, 4.69) is 5.16 Å². The molecule has 0 amide bonds. The smallest absolute Gasteiger partial charge is 0.139 e. The van der Waals surface area contributed by atoms with E-state index in [-0.39, 0.29) is 0 Å². The van der Waals surface area contributed by atoms with Gasteiger partial charge >= 0.3 is 0 Å². The lowest BCUT2D eigenvalue weighted by Crippen LogP contribution is -2.18. The van der Waals surface area contributed by atoms with Crippen LogP contribution in [0.15, 0.2) is 5.16 Å². The molecule has 0 atom stereocenters. The molecule has 11 heavy (non-hydrogen) atoms. The predicted molar refractivity (Wildman–Crippen MR) is 44.6 cm³/mol. The lowest BCUT2D eigenvalue weighted by molar-refractivity contribution is 0.310. The highest BCUT2D eigenvalue weighted by molar-refractivity contribution is 5.79. The van der Waals surface area contributed by atoms with Gasteiger partial charge in [0.05, 0.1) is 0 Å². The van der Waals surface area contributed by atoms with Gasteiger partial charge in [0.2, 0.25) is 0 Å². The van der Waals surface area contributed by atoms with E-state index < -0.39 is 0 Å². The summed E-state index contributed by atoms with van der Waals surface area (Å²) in [6, 6.07) is 0. The number of hydrogen-bond acceptors (Lipinski definition) is 2. The Morgan fingerprint density at radius 3 is 2.55 bits per heavy atom. The van der Waals surface area contributed by atoms with Crippen molar-refractivity contribution in [2.24, 2.45) is 16.8 Å². The summed E-state index contributed by atoms with van der Waals surface area (Å²) in [6.07, 6.45) is 7.24. The van der Waals surface area contributed by atoms with Gasteiger partial charge in [-0.05, 0) is 5.92 Å². The summed E-state index contributed by atoms with van der Waals surface area (Å²) < 4.78 is 0. The van der Waals surface area contributed by atoms with Crippen LogP contribution in [0.3, 0.4) is 0 Å². The zero-order chi connectivity index (χ0) is 8.10. The Morgan fingerprint density at radius 1 is 1.36 bits per heavy atom. The molecule has 0 unspecified atom stereocenters. The van der Waals surface area contributed by atoms with Gasteiger partial charge in [0.1, 0.15) is 5.84 Å². The second-order valence-electron chi connectivity index (χ2n) is 3.30. The van der Waals surface area contributed by atoms with E-state index in [1.165, 1.54) is 32.1 Å². The number of amidine groups is 1. The van der Waals surface area contributed by atoms with Crippen molar-refractivity contribution < 1.29 is 5.21 Å². The van der Waals surface area contributed by atoms with Crippen LogP contribution in [0.4, 0.5) is 0 Å². The number of oxime groups is 1. The van der Waals surface area contributed by atoms with Crippen molar-refractivity contribution in [1.29, 1.82) is 0 Å². The number of hydrogen-bond donors (Lipinski definition) is 2. The minimum absolute atomic E-state index is 0.386. The second-order valence-corrected chi connectivity index (χ2v) is 3.30. The molecule has 0 saturated heterocycles. The molecular formula is C8H16N2O. The van der Waals surface area contributed by atoms with Crippen LogP contribution in [0.5, 0.6) is 0 Å². The largest absolute Gasteiger partial charge is 0.409 e. The zero-order valence-corrected chi connectivity index (χ0v) is 6.79. The van der Waals surface area contributed by atoms with Gasteiger partial charge in [-0.15, -0.1) is 0 Å². The first-order valence-corrected chi connectivity index (χ1v) is 4.29. The fourth-order valence-electron chi connectivity index (χ4n) is 1.73. The van der Waals surface area contributed by atoms with Gasteiger partial charge in [0.25, 0.3) is 0 Å². The van der Waals surface area contributed by atoms with E-state index in [0.29, 0.717) is 11.8 Å². The minimum atomic E-state index is 0.386. The van der Waals surface area contributed by atoms with Crippen LogP contribution < -0.4 is 5.73 Å². The van der Waals surface area contributed by atoms with E-state index in [1.807, 2.05) is 0 Å². The Kier molecular flexibility index (Phi) is 3.20. The maximum absolute atomic E-state index is 8.33. The fourth-order valence-corrected chi connectivity index (χ4v) is 1.73. The third-order valence-corrected chi connectivity index (χ3v) is 2.35. The van der Waals surface area contributed by atoms with Crippen molar-refractivity contribution in [1.82, 2.24) is 0 Å². The molecule has 3 nitrogen and oxygen atoms in total. The molecule has 0 aromatic heterocycles. The topological polar surface area (TPSA) is 58.6 Å². The molecule has 0 heterocycles. The highest BCUT2D eigenvalue weighted by Gasteiger charge is 2.14. The predicted octanol–water partition coefficient (Wildman–Crippen LogP) is 1.70. The number of nitrogens with zero attached hydrogens (tertiary/aromatic N) is 1. The highest BCUT2D eigenvalue weighted by atomic mass is 16.4. The lowest BCUT2D eigenvalue weighted by atomic mass is 9.87. The van der Waals surface area contributed by atoms with E-state index in [4.69, 9.17) is 10.9 Å². The first-order chi connectivity index (χ1) is 5.33. The summed E-state index contributed by atoms with van der Waals surface area (Å²) in [7, 11) is 0. The molecule has 0 spiro atoms. The molecule has 1 fully saturated rings. The fraction of sp³-hybridized carbons (Fsp3) is 0.875. The maximum Gasteiger partial charge on any atom is 0.139 e. The second kappa shape index (κ2) is 4.21. The Labute approximate surface area is 67.3 Å². The molecule has 64 valence electrons. The number of nitrogens with two attached hydrogens (primary N) is 1. The van der Waals surface area contributed by atoms with Gasteiger partial charge in [-0.1, -0.05) is 37.3 Å². The Balaban J connectivity index is 2.24. The van der Waals surface area contributed by atoms with Crippen molar-refractivity contribution in [2.75, 3.05) is 0 Å². The average Bonchev–Trinajstić information content (AvgIpc) is 2.06. The number of rotatable bonds is 2. The van der Waals surface area contributed by atoms with Gasteiger partial charge in [-0.3, -0.25) is 0 Å². The molecule has 1 saturated carbocycles. The van der Waals surface area contributed by atoms with Crippen molar-refractivity contribution in [3.05, 3.63) is 0 Å². The minimum Gasteiger partial charge on any atom is -0.409 e. The lowest BCUT2D eigenvalue weighted by Gasteiger charge is -2.20. The van der Waals surface area contributed by atoms with Gasteiger partial charge in [0.15, 0.2) is 0 Å². The van der Waals surface area contributed by atoms with E-state index >= 15 is 0 Å². The van der Waals surface area contributed by atoms with E-state index in [9.17, 15) is 0 Å². The van der Waals surface area contributed by atoms with E-state index in [1.54, 1.807) is 0 Å². The van der Waals surface area contributed by atoms with Crippen LogP contribution in [-0.2, 0) is 0 Å². The van der Waals surface area contributed by atoms with Gasteiger partial charge in [0, 0.05) is 6.42 Å². The Morgan fingerprint density at radius 2 is 2.00 bits per heavy atom. The quantitative estimate of drug-likeness (QED) is 0.277. The van der Waals surface area contributed by atoms with Gasteiger partial charge in [-0.2, -0.15) is 0 Å². The zero-order valence-electron chi connectivity index (χ0n) is 6.79. The third-order valence-electron chi connectivity index (χ3n) is 2.35. The first kappa shape index (κ1) is 8.37. The first-order valence-electron chi connectivity index (χ1n) is 4.29. The van der Waals surface area contributed by atoms with Crippen molar-refractivity contribution in [2.45, 2.75) is 38.5 Å².